The highest BCUT2D eigenvalue weighted by Crippen LogP contribution is 2.19. The molecule has 18 heavy (non-hydrogen) atoms. The summed E-state index contributed by atoms with van der Waals surface area (Å²) in [7, 11) is -1.30. The molecule has 0 aliphatic carbocycles. The summed E-state index contributed by atoms with van der Waals surface area (Å²) >= 11 is 0. The molecule has 2 heteroatoms. The number of unbranched alkanes of at least 4 members (excludes halogenated alkanes) is 1. The van der Waals surface area contributed by atoms with Crippen molar-refractivity contribution in [1.29, 1.82) is 0 Å². The fourth-order valence-electron chi connectivity index (χ4n) is 2.02. The van der Waals surface area contributed by atoms with Crippen molar-refractivity contribution in [2.75, 3.05) is 0 Å². The zero-order valence-corrected chi connectivity index (χ0v) is 11.8. The molecule has 0 aliphatic heterocycles. The van der Waals surface area contributed by atoms with Crippen LogP contribution in [0.4, 0.5) is 0 Å². The fraction of sp³-hybridized carbons (Fsp3) is 0.250. The van der Waals surface area contributed by atoms with Gasteiger partial charge in [0.2, 0.25) is 9.04 Å². The van der Waals surface area contributed by atoms with Gasteiger partial charge in [0.15, 0.2) is 0 Å². The standard InChI is InChI=1S/C16H19OSi/c1-2-3-12-18(17)13-11-15-9-6-8-14-7-4-5-10-16(14)15/h4-11,13,17H,2-3,12H2,1H3. The van der Waals surface area contributed by atoms with Gasteiger partial charge in [-0.25, -0.2) is 0 Å². The number of hydrogen-bond donors (Lipinski definition) is 1. The molecule has 0 bridgehead atoms. The number of fused-ring (bicyclic) bond motifs is 1. The van der Waals surface area contributed by atoms with Gasteiger partial charge in [0.25, 0.3) is 0 Å². The molecule has 1 nitrogen and oxygen atoms in total. The van der Waals surface area contributed by atoms with Gasteiger partial charge in [-0.1, -0.05) is 74.0 Å². The van der Waals surface area contributed by atoms with Crippen molar-refractivity contribution < 1.29 is 4.80 Å². The maximum atomic E-state index is 9.93. The quantitative estimate of drug-likeness (QED) is 0.795. The summed E-state index contributed by atoms with van der Waals surface area (Å²) in [5, 5.41) is 2.50. The van der Waals surface area contributed by atoms with Gasteiger partial charge in [-0.3, -0.25) is 0 Å². The highest BCUT2D eigenvalue weighted by molar-refractivity contribution is 6.57. The number of rotatable bonds is 5. The molecule has 0 atom stereocenters. The van der Waals surface area contributed by atoms with Crippen molar-refractivity contribution in [2.24, 2.45) is 0 Å². The summed E-state index contributed by atoms with van der Waals surface area (Å²) < 4.78 is 0. The van der Waals surface area contributed by atoms with Crippen LogP contribution >= 0.6 is 0 Å². The van der Waals surface area contributed by atoms with Crippen molar-refractivity contribution in [2.45, 2.75) is 25.8 Å². The Kier molecular flexibility index (Phi) is 4.73. The molecule has 2 aromatic rings. The third kappa shape index (κ3) is 3.31. The van der Waals surface area contributed by atoms with Crippen molar-refractivity contribution in [1.82, 2.24) is 0 Å². The molecule has 0 saturated heterocycles. The van der Waals surface area contributed by atoms with Crippen molar-refractivity contribution in [3.63, 3.8) is 0 Å². The molecule has 0 heterocycles. The maximum Gasteiger partial charge on any atom is 0.235 e. The predicted octanol–water partition coefficient (Wildman–Crippen LogP) is 4.18. The summed E-state index contributed by atoms with van der Waals surface area (Å²) in [6.07, 6.45) is 4.34. The Labute approximate surface area is 111 Å². The summed E-state index contributed by atoms with van der Waals surface area (Å²) in [5.74, 6) is 0. The lowest BCUT2D eigenvalue weighted by Crippen LogP contribution is -2.06. The van der Waals surface area contributed by atoms with E-state index in [0.29, 0.717) is 0 Å². The lowest BCUT2D eigenvalue weighted by Gasteiger charge is -2.03. The highest BCUT2D eigenvalue weighted by Gasteiger charge is 2.03. The Morgan fingerprint density at radius 2 is 1.89 bits per heavy atom. The third-order valence-corrected chi connectivity index (χ3v) is 4.48. The van der Waals surface area contributed by atoms with E-state index in [4.69, 9.17) is 0 Å². The first kappa shape index (κ1) is 13.1. The van der Waals surface area contributed by atoms with Gasteiger partial charge < -0.3 is 4.80 Å². The van der Waals surface area contributed by atoms with Crippen LogP contribution in [0.1, 0.15) is 25.3 Å². The average Bonchev–Trinajstić information content (AvgIpc) is 2.42. The third-order valence-electron chi connectivity index (χ3n) is 3.07. The molecule has 1 N–H and O–H groups in total. The molecule has 0 aromatic heterocycles. The molecule has 0 amide bonds. The van der Waals surface area contributed by atoms with Crippen LogP contribution in [0.15, 0.2) is 48.2 Å². The zero-order chi connectivity index (χ0) is 12.8. The van der Waals surface area contributed by atoms with Gasteiger partial charge in [-0.15, -0.1) is 0 Å². The van der Waals surface area contributed by atoms with Gasteiger partial charge in [0, 0.05) is 0 Å². The van der Waals surface area contributed by atoms with Gasteiger partial charge in [0.1, 0.15) is 0 Å². The second-order valence-electron chi connectivity index (χ2n) is 4.50. The average molecular weight is 255 g/mol. The SMILES string of the molecule is CCCC[Si](O)C=Cc1cccc2ccccc12. The van der Waals surface area contributed by atoms with Crippen molar-refractivity contribution in [3.8, 4) is 0 Å². The molecule has 0 saturated carbocycles. The summed E-state index contributed by atoms with van der Waals surface area (Å²) in [4.78, 5) is 9.93. The van der Waals surface area contributed by atoms with Crippen LogP contribution in [0.3, 0.4) is 0 Å². The van der Waals surface area contributed by atoms with Gasteiger partial charge in [0.05, 0.1) is 0 Å². The first-order chi connectivity index (χ1) is 8.81. The zero-order valence-electron chi connectivity index (χ0n) is 10.8. The first-order valence-corrected chi connectivity index (χ1v) is 8.25. The topological polar surface area (TPSA) is 20.2 Å². The second kappa shape index (κ2) is 6.52. The van der Waals surface area contributed by atoms with E-state index in [9.17, 15) is 4.80 Å². The van der Waals surface area contributed by atoms with Gasteiger partial charge in [-0.2, -0.15) is 0 Å². The van der Waals surface area contributed by atoms with Crippen molar-refractivity contribution >= 4 is 25.9 Å². The fourth-order valence-corrected chi connectivity index (χ4v) is 3.28. The molecular weight excluding hydrogens is 236 g/mol. The second-order valence-corrected chi connectivity index (χ2v) is 6.31. The Hall–Kier alpha value is -1.38. The molecule has 2 rings (SSSR count). The van der Waals surface area contributed by atoms with E-state index in [1.54, 1.807) is 0 Å². The molecule has 0 spiro atoms. The Morgan fingerprint density at radius 1 is 1.11 bits per heavy atom. The largest absolute Gasteiger partial charge is 0.428 e. The van der Waals surface area contributed by atoms with E-state index in [2.05, 4.69) is 55.5 Å². The van der Waals surface area contributed by atoms with E-state index in [0.717, 1.165) is 18.9 Å². The molecule has 0 aliphatic rings. The minimum Gasteiger partial charge on any atom is -0.428 e. The summed E-state index contributed by atoms with van der Waals surface area (Å²) in [6, 6.07) is 15.6. The Balaban J connectivity index is 2.18. The highest BCUT2D eigenvalue weighted by atomic mass is 28.3. The van der Waals surface area contributed by atoms with E-state index in [1.807, 2.05) is 5.70 Å². The summed E-state index contributed by atoms with van der Waals surface area (Å²) in [6.45, 7) is 2.16. The van der Waals surface area contributed by atoms with Crippen LogP contribution in [0.2, 0.25) is 6.04 Å². The molecule has 0 fully saturated rings. The minimum absolute atomic E-state index is 0.947. The van der Waals surface area contributed by atoms with Gasteiger partial charge in [-0.05, 0) is 22.4 Å². The van der Waals surface area contributed by atoms with Crippen LogP contribution in [-0.2, 0) is 0 Å². The number of hydrogen-bond acceptors (Lipinski definition) is 1. The minimum atomic E-state index is -1.30. The van der Waals surface area contributed by atoms with Crippen LogP contribution in [0.25, 0.3) is 16.8 Å². The van der Waals surface area contributed by atoms with Crippen LogP contribution in [0, 0.1) is 0 Å². The maximum absolute atomic E-state index is 9.93. The number of benzene rings is 2. The summed E-state index contributed by atoms with van der Waals surface area (Å²) in [5.41, 5.74) is 3.20. The monoisotopic (exact) mass is 255 g/mol. The predicted molar refractivity (Wildman–Crippen MR) is 80.7 cm³/mol. The lowest BCUT2D eigenvalue weighted by molar-refractivity contribution is 0.577. The Morgan fingerprint density at radius 3 is 2.72 bits per heavy atom. The lowest BCUT2D eigenvalue weighted by atomic mass is 10.1. The van der Waals surface area contributed by atoms with E-state index in [1.165, 1.54) is 16.3 Å². The molecule has 1 radical (unpaired) electrons. The molecular formula is C16H19OSi. The first-order valence-electron chi connectivity index (χ1n) is 6.52. The molecule has 0 unspecified atom stereocenters. The van der Waals surface area contributed by atoms with Crippen LogP contribution < -0.4 is 0 Å². The van der Waals surface area contributed by atoms with E-state index < -0.39 is 9.04 Å². The molecule has 2 aromatic carbocycles. The molecule has 93 valence electrons. The Bertz CT molecular complexity index is 528. The van der Waals surface area contributed by atoms with Gasteiger partial charge >= 0.3 is 0 Å². The van der Waals surface area contributed by atoms with E-state index >= 15 is 0 Å². The van der Waals surface area contributed by atoms with Crippen LogP contribution in [0.5, 0.6) is 0 Å². The smallest absolute Gasteiger partial charge is 0.235 e. The van der Waals surface area contributed by atoms with Crippen LogP contribution in [-0.4, -0.2) is 13.8 Å². The van der Waals surface area contributed by atoms with E-state index in [-0.39, 0.29) is 0 Å². The normalized spacial score (nSPS) is 11.7. The van der Waals surface area contributed by atoms with Crippen molar-refractivity contribution in [3.05, 3.63) is 53.7 Å².